The van der Waals surface area contributed by atoms with Crippen molar-refractivity contribution in [2.75, 3.05) is 16.9 Å². The van der Waals surface area contributed by atoms with Gasteiger partial charge in [-0.1, -0.05) is 13.8 Å². The van der Waals surface area contributed by atoms with Gasteiger partial charge in [0.05, 0.1) is 4.92 Å². The summed E-state index contributed by atoms with van der Waals surface area (Å²) < 4.78 is 0. The number of hydrazine groups is 1. The van der Waals surface area contributed by atoms with Gasteiger partial charge in [0.25, 0.3) is 0 Å². The number of hydrogen-bond acceptors (Lipinski definition) is 7. The SMILES string of the molecule is Cc1nc(NN)nc(N2CCCC2C(C)C)c1[N+](=O)[O-]. The van der Waals surface area contributed by atoms with Crippen LogP contribution in [0.25, 0.3) is 0 Å². The highest BCUT2D eigenvalue weighted by atomic mass is 16.6. The number of nitrogens with zero attached hydrogens (tertiary/aromatic N) is 4. The van der Waals surface area contributed by atoms with E-state index in [0.29, 0.717) is 17.4 Å². The highest BCUT2D eigenvalue weighted by Crippen LogP contribution is 2.36. The largest absolute Gasteiger partial charge is 0.347 e. The van der Waals surface area contributed by atoms with Crippen LogP contribution in [-0.2, 0) is 0 Å². The van der Waals surface area contributed by atoms with E-state index in [1.165, 1.54) is 0 Å². The molecule has 1 fully saturated rings. The van der Waals surface area contributed by atoms with Gasteiger partial charge < -0.3 is 4.90 Å². The number of hydrogen-bond donors (Lipinski definition) is 2. The van der Waals surface area contributed by atoms with Crippen LogP contribution < -0.4 is 16.2 Å². The lowest BCUT2D eigenvalue weighted by Crippen LogP contribution is -2.35. The first kappa shape index (κ1) is 14.4. The molecular weight excluding hydrogens is 260 g/mol. The highest BCUT2D eigenvalue weighted by Gasteiger charge is 2.34. The first-order valence-corrected chi connectivity index (χ1v) is 6.72. The minimum atomic E-state index is -0.416. The van der Waals surface area contributed by atoms with E-state index in [1.807, 2.05) is 4.90 Å². The monoisotopic (exact) mass is 280 g/mol. The molecule has 0 bridgehead atoms. The lowest BCUT2D eigenvalue weighted by Gasteiger charge is -2.28. The zero-order valence-corrected chi connectivity index (χ0v) is 12.0. The Labute approximate surface area is 117 Å². The fourth-order valence-electron chi connectivity index (χ4n) is 2.78. The summed E-state index contributed by atoms with van der Waals surface area (Å²) in [6, 6.07) is 0.258. The second kappa shape index (κ2) is 5.58. The quantitative estimate of drug-likeness (QED) is 0.489. The van der Waals surface area contributed by atoms with Crippen LogP contribution in [0.5, 0.6) is 0 Å². The maximum atomic E-state index is 11.3. The van der Waals surface area contributed by atoms with Crippen molar-refractivity contribution in [1.29, 1.82) is 0 Å². The molecule has 3 N–H and O–H groups in total. The van der Waals surface area contributed by atoms with Crippen molar-refractivity contribution in [1.82, 2.24) is 9.97 Å². The van der Waals surface area contributed by atoms with Crippen LogP contribution in [0.2, 0.25) is 0 Å². The fourth-order valence-corrected chi connectivity index (χ4v) is 2.78. The second-order valence-corrected chi connectivity index (χ2v) is 5.35. The lowest BCUT2D eigenvalue weighted by atomic mass is 10.0. The molecule has 8 heteroatoms. The van der Waals surface area contributed by atoms with E-state index in [0.717, 1.165) is 19.4 Å². The van der Waals surface area contributed by atoms with E-state index in [9.17, 15) is 10.1 Å². The Kier molecular flexibility index (Phi) is 4.03. The molecule has 110 valence electrons. The van der Waals surface area contributed by atoms with E-state index in [2.05, 4.69) is 29.2 Å². The zero-order chi connectivity index (χ0) is 14.9. The molecule has 1 aliphatic rings. The molecule has 1 saturated heterocycles. The molecule has 0 spiro atoms. The highest BCUT2D eigenvalue weighted by molar-refractivity contribution is 5.63. The first-order valence-electron chi connectivity index (χ1n) is 6.72. The van der Waals surface area contributed by atoms with Crippen molar-refractivity contribution in [3.63, 3.8) is 0 Å². The third kappa shape index (κ3) is 2.51. The molecule has 0 aromatic carbocycles. The molecular formula is C12H20N6O2. The topological polar surface area (TPSA) is 110 Å². The van der Waals surface area contributed by atoms with Gasteiger partial charge in [-0.2, -0.15) is 4.98 Å². The van der Waals surface area contributed by atoms with Crippen molar-refractivity contribution >= 4 is 17.5 Å². The summed E-state index contributed by atoms with van der Waals surface area (Å²) in [7, 11) is 0. The maximum Gasteiger partial charge on any atom is 0.332 e. The number of nitrogens with two attached hydrogens (primary N) is 1. The maximum absolute atomic E-state index is 11.3. The fraction of sp³-hybridized carbons (Fsp3) is 0.667. The number of aryl methyl sites for hydroxylation is 1. The zero-order valence-electron chi connectivity index (χ0n) is 12.0. The smallest absolute Gasteiger partial charge is 0.332 e. The summed E-state index contributed by atoms with van der Waals surface area (Å²) in [5, 5.41) is 11.3. The van der Waals surface area contributed by atoms with Gasteiger partial charge in [0, 0.05) is 12.6 Å². The van der Waals surface area contributed by atoms with Gasteiger partial charge >= 0.3 is 5.69 Å². The Morgan fingerprint density at radius 1 is 1.50 bits per heavy atom. The molecule has 8 nitrogen and oxygen atoms in total. The molecule has 0 radical (unpaired) electrons. The predicted molar refractivity (Wildman–Crippen MR) is 76.4 cm³/mol. The number of nitro groups is 1. The number of nitrogen functional groups attached to an aromatic ring is 1. The summed E-state index contributed by atoms with van der Waals surface area (Å²) in [4.78, 5) is 21.1. The van der Waals surface area contributed by atoms with E-state index >= 15 is 0 Å². The molecule has 1 aromatic rings. The van der Waals surface area contributed by atoms with E-state index in [1.54, 1.807) is 6.92 Å². The lowest BCUT2D eigenvalue weighted by molar-refractivity contribution is -0.385. The third-order valence-electron chi connectivity index (χ3n) is 3.69. The molecule has 0 aliphatic carbocycles. The van der Waals surface area contributed by atoms with Crippen molar-refractivity contribution in [2.45, 2.75) is 39.7 Å². The van der Waals surface area contributed by atoms with Crippen molar-refractivity contribution in [3.05, 3.63) is 15.8 Å². The summed E-state index contributed by atoms with van der Waals surface area (Å²) >= 11 is 0. The van der Waals surface area contributed by atoms with Gasteiger partial charge in [-0.25, -0.2) is 10.8 Å². The van der Waals surface area contributed by atoms with Gasteiger partial charge in [-0.3, -0.25) is 15.5 Å². The Balaban J connectivity index is 2.53. The Bertz CT molecular complexity index is 519. The average molecular weight is 280 g/mol. The summed E-state index contributed by atoms with van der Waals surface area (Å²) in [6.45, 7) is 6.60. The van der Waals surface area contributed by atoms with Crippen molar-refractivity contribution < 1.29 is 4.92 Å². The molecule has 0 amide bonds. The Morgan fingerprint density at radius 3 is 2.75 bits per heavy atom. The molecule has 2 rings (SSSR count). The van der Waals surface area contributed by atoms with Crippen LogP contribution in [0, 0.1) is 23.0 Å². The number of anilines is 2. The van der Waals surface area contributed by atoms with Gasteiger partial charge in [-0.05, 0) is 25.7 Å². The van der Waals surface area contributed by atoms with Crippen LogP contribution in [0.15, 0.2) is 0 Å². The third-order valence-corrected chi connectivity index (χ3v) is 3.69. The normalized spacial score (nSPS) is 18.6. The van der Waals surface area contributed by atoms with Crippen LogP contribution in [0.4, 0.5) is 17.5 Å². The van der Waals surface area contributed by atoms with E-state index in [-0.39, 0.29) is 17.7 Å². The van der Waals surface area contributed by atoms with Crippen LogP contribution in [-0.4, -0.2) is 27.5 Å². The molecule has 1 aliphatic heterocycles. The summed E-state index contributed by atoms with van der Waals surface area (Å²) in [5.74, 6) is 6.32. The standard InChI is InChI=1S/C12H20N6O2/c1-7(2)9-5-4-6-17(9)11-10(18(19)20)8(3)14-12(15-11)16-13/h7,9H,4-6,13H2,1-3H3,(H,14,15,16). The van der Waals surface area contributed by atoms with Gasteiger partial charge in [-0.15, -0.1) is 0 Å². The molecule has 1 aromatic heterocycles. The summed E-state index contributed by atoms with van der Waals surface area (Å²) in [5.41, 5.74) is 2.66. The van der Waals surface area contributed by atoms with Crippen LogP contribution in [0.1, 0.15) is 32.4 Å². The van der Waals surface area contributed by atoms with Gasteiger partial charge in [0.15, 0.2) is 0 Å². The Morgan fingerprint density at radius 2 is 2.20 bits per heavy atom. The van der Waals surface area contributed by atoms with Gasteiger partial charge in [0.2, 0.25) is 11.8 Å². The van der Waals surface area contributed by atoms with Crippen LogP contribution >= 0.6 is 0 Å². The first-order chi connectivity index (χ1) is 9.45. The molecule has 2 heterocycles. The average Bonchev–Trinajstić information content (AvgIpc) is 2.86. The number of nitrogens with one attached hydrogen (secondary N) is 1. The summed E-state index contributed by atoms with van der Waals surface area (Å²) in [6.07, 6.45) is 2.03. The Hall–Kier alpha value is -1.96. The molecule has 20 heavy (non-hydrogen) atoms. The van der Waals surface area contributed by atoms with Crippen molar-refractivity contribution in [2.24, 2.45) is 11.8 Å². The predicted octanol–water partition coefficient (Wildman–Crippen LogP) is 1.60. The van der Waals surface area contributed by atoms with E-state index in [4.69, 9.17) is 5.84 Å². The second-order valence-electron chi connectivity index (χ2n) is 5.35. The number of aromatic nitrogens is 2. The number of rotatable bonds is 4. The van der Waals surface area contributed by atoms with Gasteiger partial charge in [0.1, 0.15) is 5.69 Å². The molecule has 1 atom stereocenters. The molecule has 1 unspecified atom stereocenters. The molecule has 0 saturated carbocycles. The minimum Gasteiger partial charge on any atom is -0.347 e. The van der Waals surface area contributed by atoms with Crippen molar-refractivity contribution in [3.8, 4) is 0 Å². The van der Waals surface area contributed by atoms with Crippen LogP contribution in [0.3, 0.4) is 0 Å². The van der Waals surface area contributed by atoms with E-state index < -0.39 is 4.92 Å². The minimum absolute atomic E-state index is 0.0310.